The number of hydrogen-bond acceptors (Lipinski definition) is 10. The average Bonchev–Trinajstić information content (AvgIpc) is 2.93. The summed E-state index contributed by atoms with van der Waals surface area (Å²) in [6.07, 6.45) is 3.12. The molecule has 2 aromatic heterocycles. The molecule has 1 fully saturated rings. The van der Waals surface area contributed by atoms with Gasteiger partial charge in [-0.25, -0.2) is 9.67 Å². The standard InChI is InChI=1S/C26H35N7O5Si/c1-39(2,3)15-14-37-20-33-26(35)22(17-28)23(19-30-33)38-13-12-36-11-6-25(34)32-9-7-31(8-10-32)24-5-4-21(16-27)18-29-24/h4-5,18-19H,6-15,20H2,1-3H3. The predicted octanol–water partition coefficient (Wildman–Crippen LogP) is 1.83. The summed E-state index contributed by atoms with van der Waals surface area (Å²) in [5.41, 5.74) is -0.185. The first-order chi connectivity index (χ1) is 18.7. The van der Waals surface area contributed by atoms with Crippen molar-refractivity contribution in [2.75, 3.05) is 57.5 Å². The van der Waals surface area contributed by atoms with Crippen molar-refractivity contribution in [2.45, 2.75) is 38.8 Å². The van der Waals surface area contributed by atoms with E-state index in [0.717, 1.165) is 16.5 Å². The smallest absolute Gasteiger partial charge is 0.290 e. The van der Waals surface area contributed by atoms with Gasteiger partial charge in [0, 0.05) is 47.1 Å². The molecule has 0 spiro atoms. The zero-order valence-electron chi connectivity index (χ0n) is 22.8. The van der Waals surface area contributed by atoms with E-state index < -0.39 is 13.6 Å². The summed E-state index contributed by atoms with van der Waals surface area (Å²) in [4.78, 5) is 33.3. The van der Waals surface area contributed by atoms with Crippen LogP contribution in [0.15, 0.2) is 29.3 Å². The van der Waals surface area contributed by atoms with Gasteiger partial charge in [-0.2, -0.15) is 15.6 Å². The topological polar surface area (TPSA) is 147 Å². The van der Waals surface area contributed by atoms with Crippen molar-refractivity contribution in [3.8, 4) is 17.9 Å². The highest BCUT2D eigenvalue weighted by Crippen LogP contribution is 2.15. The second kappa shape index (κ2) is 14.4. The molecule has 12 nitrogen and oxygen atoms in total. The van der Waals surface area contributed by atoms with E-state index in [1.165, 1.54) is 6.20 Å². The van der Waals surface area contributed by atoms with Crippen LogP contribution in [0.1, 0.15) is 17.5 Å². The highest BCUT2D eigenvalue weighted by Gasteiger charge is 2.21. The first-order valence-corrected chi connectivity index (χ1v) is 16.6. The van der Waals surface area contributed by atoms with Gasteiger partial charge < -0.3 is 24.0 Å². The number of piperazine rings is 1. The molecule has 1 saturated heterocycles. The van der Waals surface area contributed by atoms with Gasteiger partial charge in [-0.05, 0) is 18.2 Å². The maximum atomic E-state index is 12.5. The quantitative estimate of drug-likeness (QED) is 0.266. The Morgan fingerprint density at radius 1 is 1.00 bits per heavy atom. The summed E-state index contributed by atoms with van der Waals surface area (Å²) in [6, 6.07) is 8.45. The first-order valence-electron chi connectivity index (χ1n) is 12.9. The number of pyridine rings is 1. The third kappa shape index (κ3) is 9.17. The number of rotatable bonds is 13. The van der Waals surface area contributed by atoms with Gasteiger partial charge in [0.15, 0.2) is 11.3 Å². The van der Waals surface area contributed by atoms with Crippen LogP contribution < -0.4 is 15.2 Å². The van der Waals surface area contributed by atoms with Gasteiger partial charge in [-0.15, -0.1) is 0 Å². The van der Waals surface area contributed by atoms with E-state index in [9.17, 15) is 14.9 Å². The Bertz CT molecular complexity index is 1240. The van der Waals surface area contributed by atoms with Crippen LogP contribution in [0.2, 0.25) is 25.7 Å². The lowest BCUT2D eigenvalue weighted by Gasteiger charge is -2.35. The van der Waals surface area contributed by atoms with Crippen molar-refractivity contribution < 1.29 is 19.0 Å². The molecule has 0 bridgehead atoms. The van der Waals surface area contributed by atoms with Crippen LogP contribution in [0.25, 0.3) is 0 Å². The molecule has 39 heavy (non-hydrogen) atoms. The van der Waals surface area contributed by atoms with Crippen LogP contribution in [-0.4, -0.2) is 86.3 Å². The SMILES string of the molecule is C[Si](C)(C)CCOCn1ncc(OCCOCCC(=O)N2CCN(c3ccc(C#N)cn3)CC2)c(C#N)c1=O. The minimum absolute atomic E-state index is 0.00926. The maximum absolute atomic E-state index is 12.5. The molecule has 1 aliphatic rings. The van der Waals surface area contributed by atoms with Gasteiger partial charge in [-0.1, -0.05) is 19.6 Å². The zero-order chi connectivity index (χ0) is 28.3. The molecule has 2 aromatic rings. The number of amides is 1. The monoisotopic (exact) mass is 553 g/mol. The molecule has 0 saturated carbocycles. The van der Waals surface area contributed by atoms with Gasteiger partial charge in [0.25, 0.3) is 5.56 Å². The maximum Gasteiger partial charge on any atom is 0.290 e. The largest absolute Gasteiger partial charge is 0.488 e. The molecule has 0 unspecified atom stereocenters. The van der Waals surface area contributed by atoms with Crippen molar-refractivity contribution in [1.29, 1.82) is 10.5 Å². The molecule has 0 aliphatic carbocycles. The van der Waals surface area contributed by atoms with E-state index in [1.54, 1.807) is 17.2 Å². The summed E-state index contributed by atoms with van der Waals surface area (Å²) in [5, 5.41) is 22.4. The fourth-order valence-corrected chi connectivity index (χ4v) is 4.52. The molecule has 208 valence electrons. The summed E-state index contributed by atoms with van der Waals surface area (Å²) < 4.78 is 17.7. The van der Waals surface area contributed by atoms with Gasteiger partial charge in [0.1, 0.15) is 31.3 Å². The second-order valence-corrected chi connectivity index (χ2v) is 15.9. The third-order valence-corrected chi connectivity index (χ3v) is 7.81. The van der Waals surface area contributed by atoms with Crippen molar-refractivity contribution >= 4 is 19.8 Å². The highest BCUT2D eigenvalue weighted by atomic mass is 28.3. The fourth-order valence-electron chi connectivity index (χ4n) is 3.76. The molecule has 3 heterocycles. The van der Waals surface area contributed by atoms with Crippen molar-refractivity contribution in [3.63, 3.8) is 0 Å². The third-order valence-electron chi connectivity index (χ3n) is 6.11. The van der Waals surface area contributed by atoms with Crippen LogP contribution >= 0.6 is 0 Å². The van der Waals surface area contributed by atoms with Crippen LogP contribution in [0.5, 0.6) is 5.75 Å². The minimum atomic E-state index is -1.24. The van der Waals surface area contributed by atoms with E-state index in [-0.39, 0.29) is 50.2 Å². The number of ether oxygens (including phenoxy) is 3. The van der Waals surface area contributed by atoms with Crippen LogP contribution in [0.3, 0.4) is 0 Å². The Morgan fingerprint density at radius 3 is 2.41 bits per heavy atom. The first kappa shape index (κ1) is 29.8. The Balaban J connectivity index is 1.34. The summed E-state index contributed by atoms with van der Waals surface area (Å²) in [7, 11) is -1.24. The van der Waals surface area contributed by atoms with Crippen molar-refractivity contribution in [2.24, 2.45) is 0 Å². The van der Waals surface area contributed by atoms with Gasteiger partial charge in [-0.3, -0.25) is 9.59 Å². The number of hydrogen-bond donors (Lipinski definition) is 0. The minimum Gasteiger partial charge on any atom is -0.488 e. The van der Waals surface area contributed by atoms with Crippen LogP contribution in [0, 0.1) is 22.7 Å². The molecular weight excluding hydrogens is 518 g/mol. The molecule has 0 radical (unpaired) electrons. The van der Waals surface area contributed by atoms with Gasteiger partial charge in [0.05, 0.1) is 31.4 Å². The Labute approximate surface area is 229 Å². The normalized spacial score (nSPS) is 13.6. The number of anilines is 1. The average molecular weight is 554 g/mol. The van der Waals surface area contributed by atoms with Gasteiger partial charge >= 0.3 is 0 Å². The number of nitrogens with zero attached hydrogens (tertiary/aromatic N) is 7. The van der Waals surface area contributed by atoms with Crippen LogP contribution in [-0.2, 0) is 21.0 Å². The highest BCUT2D eigenvalue weighted by molar-refractivity contribution is 6.76. The van der Waals surface area contributed by atoms with E-state index in [2.05, 4.69) is 40.7 Å². The molecule has 13 heteroatoms. The summed E-state index contributed by atoms with van der Waals surface area (Å²) in [6.45, 7) is 10.3. The molecule has 0 atom stereocenters. The number of carbonyl (C=O) groups is 1. The zero-order valence-corrected chi connectivity index (χ0v) is 23.8. The van der Waals surface area contributed by atoms with Gasteiger partial charge in [0.2, 0.25) is 5.91 Å². The molecule has 1 amide bonds. The fraction of sp³-hybridized carbons (Fsp3) is 0.538. The van der Waals surface area contributed by atoms with E-state index in [1.807, 2.05) is 12.1 Å². The Hall–Kier alpha value is -3.78. The van der Waals surface area contributed by atoms with Crippen molar-refractivity contribution in [3.05, 3.63) is 46.0 Å². The summed E-state index contributed by atoms with van der Waals surface area (Å²) in [5.74, 6) is 0.896. The second-order valence-electron chi connectivity index (χ2n) is 10.2. The lowest BCUT2D eigenvalue weighted by Crippen LogP contribution is -2.49. The molecule has 0 N–H and O–H groups in total. The predicted molar refractivity (Wildman–Crippen MR) is 146 cm³/mol. The Morgan fingerprint density at radius 2 is 1.77 bits per heavy atom. The Kier molecular flexibility index (Phi) is 11.0. The van der Waals surface area contributed by atoms with E-state index >= 15 is 0 Å². The number of nitriles is 2. The number of aromatic nitrogens is 3. The lowest BCUT2D eigenvalue weighted by molar-refractivity contribution is -0.132. The molecule has 0 aromatic carbocycles. The van der Waals surface area contributed by atoms with E-state index in [0.29, 0.717) is 38.3 Å². The molecule has 1 aliphatic heterocycles. The molecular formula is C26H35N7O5Si. The molecule has 3 rings (SSSR count). The lowest BCUT2D eigenvalue weighted by atomic mass is 10.2. The van der Waals surface area contributed by atoms with Crippen LogP contribution in [0.4, 0.5) is 5.82 Å². The van der Waals surface area contributed by atoms with E-state index in [4.69, 9.17) is 19.5 Å². The summed E-state index contributed by atoms with van der Waals surface area (Å²) >= 11 is 0. The van der Waals surface area contributed by atoms with Crippen molar-refractivity contribution in [1.82, 2.24) is 19.7 Å². The number of carbonyl (C=O) groups excluding carboxylic acids is 1.